The summed E-state index contributed by atoms with van der Waals surface area (Å²) in [6.45, 7) is 2.24. The molecule has 0 spiro atoms. The molecule has 1 saturated carbocycles. The van der Waals surface area contributed by atoms with Gasteiger partial charge in [-0.15, -0.1) is 0 Å². The number of nitrogens with two attached hydrogens (primary N) is 1. The number of anilines is 2. The fourth-order valence-electron chi connectivity index (χ4n) is 2.15. The van der Waals surface area contributed by atoms with E-state index in [0.717, 1.165) is 23.0 Å². The first-order valence-corrected chi connectivity index (χ1v) is 5.94. The van der Waals surface area contributed by atoms with Crippen LogP contribution in [0.25, 0.3) is 0 Å². The number of rotatable bonds is 5. The lowest BCUT2D eigenvalue weighted by atomic mass is 10.2. The Morgan fingerprint density at radius 1 is 1.44 bits per heavy atom. The summed E-state index contributed by atoms with van der Waals surface area (Å²) in [6, 6.07) is 6.43. The van der Waals surface area contributed by atoms with Crippen LogP contribution in [0.3, 0.4) is 0 Å². The summed E-state index contributed by atoms with van der Waals surface area (Å²) in [5.74, 6) is 1.66. The highest BCUT2D eigenvalue weighted by Gasteiger charge is 2.35. The van der Waals surface area contributed by atoms with E-state index in [9.17, 15) is 0 Å². The quantitative estimate of drug-likeness (QED) is 0.750. The highest BCUT2D eigenvalue weighted by Crippen LogP contribution is 2.38. The van der Waals surface area contributed by atoms with Gasteiger partial charge in [0.1, 0.15) is 5.75 Å². The van der Waals surface area contributed by atoms with Crippen molar-refractivity contribution < 1.29 is 4.74 Å². The van der Waals surface area contributed by atoms with E-state index < -0.39 is 0 Å². The largest absolute Gasteiger partial charge is 0.497 e. The summed E-state index contributed by atoms with van der Waals surface area (Å²) >= 11 is 0. The van der Waals surface area contributed by atoms with E-state index in [1.165, 1.54) is 19.3 Å². The molecular weight excluding hydrogens is 200 g/mol. The average molecular weight is 220 g/mol. The van der Waals surface area contributed by atoms with Gasteiger partial charge in [-0.25, -0.2) is 0 Å². The van der Waals surface area contributed by atoms with Gasteiger partial charge in [-0.2, -0.15) is 0 Å². The molecule has 1 aliphatic carbocycles. The highest BCUT2D eigenvalue weighted by molar-refractivity contribution is 5.60. The molecule has 0 amide bonds. The maximum absolute atomic E-state index is 5.80. The summed E-state index contributed by atoms with van der Waals surface area (Å²) in [6.07, 6.45) is 3.87. The summed E-state index contributed by atoms with van der Waals surface area (Å²) in [7, 11) is 1.66. The lowest BCUT2D eigenvalue weighted by Crippen LogP contribution is -2.05. The zero-order valence-corrected chi connectivity index (χ0v) is 9.99. The second kappa shape index (κ2) is 4.64. The van der Waals surface area contributed by atoms with E-state index in [1.807, 2.05) is 18.2 Å². The first kappa shape index (κ1) is 11.1. The van der Waals surface area contributed by atoms with E-state index in [4.69, 9.17) is 10.5 Å². The molecule has 3 N–H and O–H groups in total. The molecule has 1 fully saturated rings. The van der Waals surface area contributed by atoms with Gasteiger partial charge in [-0.3, -0.25) is 0 Å². The zero-order chi connectivity index (χ0) is 11.5. The third-order valence-electron chi connectivity index (χ3n) is 3.10. The van der Waals surface area contributed by atoms with Crippen LogP contribution in [0, 0.1) is 5.92 Å². The lowest BCUT2D eigenvalue weighted by Gasteiger charge is -2.09. The van der Waals surface area contributed by atoms with Gasteiger partial charge < -0.3 is 15.8 Å². The van der Waals surface area contributed by atoms with Gasteiger partial charge >= 0.3 is 0 Å². The summed E-state index contributed by atoms with van der Waals surface area (Å²) < 4.78 is 5.19. The van der Waals surface area contributed by atoms with Gasteiger partial charge in [0.25, 0.3) is 0 Å². The van der Waals surface area contributed by atoms with Crippen LogP contribution >= 0.6 is 0 Å². The van der Waals surface area contributed by atoms with Gasteiger partial charge in [-0.1, -0.05) is 13.3 Å². The second-order valence-corrected chi connectivity index (χ2v) is 4.53. The molecule has 88 valence electrons. The SMILES string of the molecule is CCCC1CC1Nc1cc(N)cc(OC)c1. The van der Waals surface area contributed by atoms with Crippen LogP contribution in [0.15, 0.2) is 18.2 Å². The predicted molar refractivity (Wildman–Crippen MR) is 67.8 cm³/mol. The maximum atomic E-state index is 5.80. The average Bonchev–Trinajstić information content (AvgIpc) is 2.96. The Morgan fingerprint density at radius 3 is 2.94 bits per heavy atom. The molecule has 1 aromatic carbocycles. The molecule has 16 heavy (non-hydrogen) atoms. The van der Waals surface area contributed by atoms with Crippen molar-refractivity contribution in [1.82, 2.24) is 0 Å². The van der Waals surface area contributed by atoms with Gasteiger partial charge in [0.2, 0.25) is 0 Å². The molecule has 2 atom stereocenters. The Bertz CT molecular complexity index is 365. The van der Waals surface area contributed by atoms with Crippen LogP contribution in [-0.2, 0) is 0 Å². The Hall–Kier alpha value is -1.38. The Labute approximate surface area is 97.0 Å². The van der Waals surface area contributed by atoms with E-state index in [1.54, 1.807) is 7.11 Å². The van der Waals surface area contributed by atoms with Gasteiger partial charge in [-0.05, 0) is 24.8 Å². The third-order valence-corrected chi connectivity index (χ3v) is 3.10. The molecule has 1 aliphatic rings. The van der Waals surface area contributed by atoms with Crippen LogP contribution in [0.5, 0.6) is 5.75 Å². The minimum Gasteiger partial charge on any atom is -0.497 e. The fourth-order valence-corrected chi connectivity index (χ4v) is 2.15. The van der Waals surface area contributed by atoms with Crippen LogP contribution < -0.4 is 15.8 Å². The molecule has 0 saturated heterocycles. The number of methoxy groups -OCH3 is 1. The van der Waals surface area contributed by atoms with Crippen LogP contribution in [0.1, 0.15) is 26.2 Å². The molecule has 2 unspecified atom stereocenters. The summed E-state index contributed by atoms with van der Waals surface area (Å²) in [5.41, 5.74) is 7.62. The molecule has 3 heteroatoms. The number of ether oxygens (including phenoxy) is 1. The van der Waals surface area contributed by atoms with Crippen molar-refractivity contribution in [3.8, 4) is 5.75 Å². The number of hydrogen-bond acceptors (Lipinski definition) is 3. The molecule has 0 radical (unpaired) electrons. The molecule has 1 aromatic rings. The fraction of sp³-hybridized carbons (Fsp3) is 0.538. The standard InChI is InChI=1S/C13H20N2O/c1-3-4-9-5-13(9)15-11-6-10(14)7-12(8-11)16-2/h6-9,13,15H,3-5,14H2,1-2H3. The van der Waals surface area contributed by atoms with Crippen LogP contribution in [0.2, 0.25) is 0 Å². The lowest BCUT2D eigenvalue weighted by molar-refractivity contribution is 0.415. The van der Waals surface area contributed by atoms with Crippen molar-refractivity contribution in [2.24, 2.45) is 5.92 Å². The van der Waals surface area contributed by atoms with Gasteiger partial charge in [0.15, 0.2) is 0 Å². The topological polar surface area (TPSA) is 47.3 Å². The van der Waals surface area contributed by atoms with E-state index in [2.05, 4.69) is 12.2 Å². The minimum atomic E-state index is 0.631. The van der Waals surface area contributed by atoms with Crippen molar-refractivity contribution in [3.05, 3.63) is 18.2 Å². The minimum absolute atomic E-state index is 0.631. The van der Waals surface area contributed by atoms with Crippen molar-refractivity contribution >= 4 is 11.4 Å². The first-order chi connectivity index (χ1) is 7.72. The van der Waals surface area contributed by atoms with Crippen LogP contribution in [0.4, 0.5) is 11.4 Å². The number of hydrogen-bond donors (Lipinski definition) is 2. The van der Waals surface area contributed by atoms with E-state index in [-0.39, 0.29) is 0 Å². The Balaban J connectivity index is 1.97. The maximum Gasteiger partial charge on any atom is 0.122 e. The second-order valence-electron chi connectivity index (χ2n) is 4.53. The molecule has 0 heterocycles. The van der Waals surface area contributed by atoms with Crippen molar-refractivity contribution in [2.75, 3.05) is 18.2 Å². The Kier molecular flexibility index (Phi) is 3.22. The smallest absolute Gasteiger partial charge is 0.122 e. The summed E-state index contributed by atoms with van der Waals surface area (Å²) in [5, 5.41) is 3.51. The van der Waals surface area contributed by atoms with Crippen molar-refractivity contribution in [1.29, 1.82) is 0 Å². The molecule has 2 rings (SSSR count). The number of benzene rings is 1. The normalized spacial score (nSPS) is 22.9. The first-order valence-electron chi connectivity index (χ1n) is 5.94. The molecule has 0 bridgehead atoms. The highest BCUT2D eigenvalue weighted by atomic mass is 16.5. The monoisotopic (exact) mass is 220 g/mol. The zero-order valence-electron chi connectivity index (χ0n) is 9.99. The molecular formula is C13H20N2O. The van der Waals surface area contributed by atoms with Gasteiger partial charge in [0.05, 0.1) is 7.11 Å². The Morgan fingerprint density at radius 2 is 2.25 bits per heavy atom. The molecule has 3 nitrogen and oxygen atoms in total. The number of nitrogen functional groups attached to an aromatic ring is 1. The van der Waals surface area contributed by atoms with Crippen LogP contribution in [-0.4, -0.2) is 13.2 Å². The van der Waals surface area contributed by atoms with E-state index in [0.29, 0.717) is 6.04 Å². The predicted octanol–water partition coefficient (Wildman–Crippen LogP) is 2.88. The van der Waals surface area contributed by atoms with Crippen molar-refractivity contribution in [3.63, 3.8) is 0 Å². The van der Waals surface area contributed by atoms with Crippen molar-refractivity contribution in [2.45, 2.75) is 32.2 Å². The number of nitrogens with one attached hydrogen (secondary N) is 1. The van der Waals surface area contributed by atoms with Gasteiger partial charge in [0, 0.05) is 29.5 Å². The molecule has 0 aromatic heterocycles. The summed E-state index contributed by atoms with van der Waals surface area (Å²) in [4.78, 5) is 0. The molecule has 0 aliphatic heterocycles. The van der Waals surface area contributed by atoms with E-state index >= 15 is 0 Å². The third kappa shape index (κ3) is 2.60.